The lowest BCUT2D eigenvalue weighted by atomic mass is 10.2. The minimum atomic E-state index is -0.463. The maximum Gasteiger partial charge on any atom is 0.338 e. The number of esters is 1. The van der Waals surface area contributed by atoms with Gasteiger partial charge in [0, 0.05) is 17.4 Å². The number of halogens is 1. The molecule has 0 fully saturated rings. The van der Waals surface area contributed by atoms with Gasteiger partial charge in [0.15, 0.2) is 5.82 Å². The molecule has 0 saturated heterocycles. The summed E-state index contributed by atoms with van der Waals surface area (Å²) in [4.78, 5) is 15.9. The third-order valence-electron chi connectivity index (χ3n) is 3.49. The molecule has 0 spiro atoms. The lowest BCUT2D eigenvalue weighted by molar-refractivity contribution is 0.0600. The molecule has 2 rings (SSSR count). The lowest BCUT2D eigenvalue weighted by Crippen LogP contribution is -2.19. The van der Waals surface area contributed by atoms with E-state index in [9.17, 15) is 4.79 Å². The summed E-state index contributed by atoms with van der Waals surface area (Å²) in [5, 5.41) is 6.29. The molecule has 1 heterocycles. The van der Waals surface area contributed by atoms with Crippen molar-refractivity contribution in [3.63, 3.8) is 0 Å². The van der Waals surface area contributed by atoms with E-state index in [1.807, 2.05) is 25.1 Å². The number of aryl methyl sites for hydroxylation is 1. The van der Waals surface area contributed by atoms with Crippen molar-refractivity contribution >= 4 is 29.6 Å². The zero-order valence-electron chi connectivity index (χ0n) is 14.9. The quantitative estimate of drug-likeness (QED) is 0.313. The Balaban J connectivity index is 2.17. The van der Waals surface area contributed by atoms with E-state index < -0.39 is 5.97 Å². The van der Waals surface area contributed by atoms with Crippen molar-refractivity contribution in [2.45, 2.75) is 20.5 Å². The van der Waals surface area contributed by atoms with E-state index in [2.05, 4.69) is 16.7 Å². The Morgan fingerprint density at radius 3 is 2.81 bits per heavy atom. The molecule has 0 saturated carbocycles. The number of methoxy groups -OCH3 is 1. The number of hydrogen-bond donors (Lipinski definition) is 0. The number of hydrazone groups is 1. The van der Waals surface area contributed by atoms with E-state index >= 15 is 0 Å². The molecular weight excluding hydrogens is 354 g/mol. The first-order chi connectivity index (χ1) is 12.5. The largest absolute Gasteiger partial charge is 0.473 e. The number of rotatable bonds is 7. The van der Waals surface area contributed by atoms with Crippen molar-refractivity contribution in [2.24, 2.45) is 5.10 Å². The van der Waals surface area contributed by atoms with Gasteiger partial charge in [-0.3, -0.25) is 0 Å². The van der Waals surface area contributed by atoms with Crippen LogP contribution in [-0.4, -0.2) is 24.3 Å². The molecule has 2 aromatic rings. The maximum absolute atomic E-state index is 11.7. The molecule has 0 aliphatic heterocycles. The van der Waals surface area contributed by atoms with Gasteiger partial charge in [0.1, 0.15) is 6.61 Å². The molecule has 0 radical (unpaired) electrons. The Bertz CT molecular complexity index is 837. The Morgan fingerprint density at radius 1 is 1.38 bits per heavy atom. The fourth-order valence-corrected chi connectivity index (χ4v) is 2.30. The molecule has 0 atom stereocenters. The van der Waals surface area contributed by atoms with Crippen LogP contribution in [-0.2, 0) is 16.1 Å². The van der Waals surface area contributed by atoms with Gasteiger partial charge in [0.2, 0.25) is 5.88 Å². The van der Waals surface area contributed by atoms with Crippen LogP contribution in [0.4, 0.5) is 5.82 Å². The van der Waals surface area contributed by atoms with Crippen molar-refractivity contribution < 1.29 is 14.3 Å². The highest BCUT2D eigenvalue weighted by molar-refractivity contribution is 6.31. The highest BCUT2D eigenvalue weighted by atomic mass is 35.5. The van der Waals surface area contributed by atoms with Gasteiger partial charge in [0.25, 0.3) is 0 Å². The predicted molar refractivity (Wildman–Crippen MR) is 102 cm³/mol. The van der Waals surface area contributed by atoms with Crippen LogP contribution in [0.15, 0.2) is 54.1 Å². The third-order valence-corrected chi connectivity index (χ3v) is 3.90. The molecule has 6 nitrogen and oxygen atoms in total. The predicted octanol–water partition coefficient (Wildman–Crippen LogP) is 4.33. The van der Waals surface area contributed by atoms with Gasteiger partial charge in [-0.05, 0) is 49.8 Å². The fourth-order valence-electron chi connectivity index (χ4n) is 2.10. The Labute approximate surface area is 157 Å². The summed E-state index contributed by atoms with van der Waals surface area (Å²) in [5.41, 5.74) is 2.25. The zero-order chi connectivity index (χ0) is 19.1. The Morgan fingerprint density at radius 2 is 2.15 bits per heavy atom. The highest BCUT2D eigenvalue weighted by Crippen LogP contribution is 2.21. The van der Waals surface area contributed by atoms with Gasteiger partial charge in [-0.15, -0.1) is 0 Å². The minimum absolute atomic E-state index is 0.259. The van der Waals surface area contributed by atoms with E-state index in [0.29, 0.717) is 16.4 Å². The number of aromatic nitrogens is 1. The number of pyridine rings is 1. The van der Waals surface area contributed by atoms with Crippen molar-refractivity contribution in [2.75, 3.05) is 12.1 Å². The second kappa shape index (κ2) is 9.01. The smallest absolute Gasteiger partial charge is 0.338 e. The molecule has 0 N–H and O–H groups in total. The summed E-state index contributed by atoms with van der Waals surface area (Å²) in [6, 6.07) is 8.80. The third kappa shape index (κ3) is 4.83. The molecule has 26 heavy (non-hydrogen) atoms. The van der Waals surface area contributed by atoms with Crippen LogP contribution in [0.3, 0.4) is 0 Å². The van der Waals surface area contributed by atoms with Crippen LogP contribution in [0.1, 0.15) is 28.4 Å². The first-order valence-electron chi connectivity index (χ1n) is 7.86. The van der Waals surface area contributed by atoms with E-state index in [1.165, 1.54) is 18.3 Å². The molecule has 0 aliphatic rings. The summed E-state index contributed by atoms with van der Waals surface area (Å²) in [6.45, 7) is 7.86. The molecule has 0 bridgehead atoms. The SMILES string of the molecule is C=C(OCc1ccc(C)c(Cl)c1)N(/N=C\C)c1cc(C(=O)OC)ccn1. The van der Waals surface area contributed by atoms with Crippen LogP contribution < -0.4 is 5.01 Å². The number of nitrogens with zero attached hydrogens (tertiary/aromatic N) is 3. The van der Waals surface area contributed by atoms with Crippen molar-refractivity contribution in [3.05, 3.63) is 70.7 Å². The monoisotopic (exact) mass is 373 g/mol. The van der Waals surface area contributed by atoms with Crippen LogP contribution in [0.5, 0.6) is 0 Å². The van der Waals surface area contributed by atoms with Gasteiger partial charge in [-0.1, -0.05) is 23.7 Å². The topological polar surface area (TPSA) is 64.0 Å². The van der Waals surface area contributed by atoms with Crippen LogP contribution in [0.2, 0.25) is 5.02 Å². The van der Waals surface area contributed by atoms with Gasteiger partial charge in [-0.2, -0.15) is 10.1 Å². The number of hydrogen-bond acceptors (Lipinski definition) is 6. The first-order valence-corrected chi connectivity index (χ1v) is 8.24. The molecule has 0 amide bonds. The van der Waals surface area contributed by atoms with E-state index in [1.54, 1.807) is 25.3 Å². The molecule has 1 aromatic carbocycles. The number of carbonyl (C=O) groups excluding carboxylic acids is 1. The first kappa shape index (κ1) is 19.5. The van der Waals surface area contributed by atoms with Gasteiger partial charge in [0.05, 0.1) is 12.7 Å². The van der Waals surface area contributed by atoms with E-state index in [-0.39, 0.29) is 12.5 Å². The second-order valence-electron chi connectivity index (χ2n) is 5.35. The summed E-state index contributed by atoms with van der Waals surface area (Å²) in [7, 11) is 1.32. The van der Waals surface area contributed by atoms with E-state index in [4.69, 9.17) is 21.1 Å². The van der Waals surface area contributed by atoms with Crippen LogP contribution in [0.25, 0.3) is 0 Å². The van der Waals surface area contributed by atoms with Crippen LogP contribution >= 0.6 is 11.6 Å². The van der Waals surface area contributed by atoms with Gasteiger partial charge < -0.3 is 9.47 Å². The maximum atomic E-state index is 11.7. The van der Waals surface area contributed by atoms with Crippen molar-refractivity contribution in [3.8, 4) is 0 Å². The fraction of sp³-hybridized carbons (Fsp3) is 0.211. The van der Waals surface area contributed by atoms with Crippen molar-refractivity contribution in [1.29, 1.82) is 0 Å². The van der Waals surface area contributed by atoms with Gasteiger partial charge >= 0.3 is 5.97 Å². The summed E-state index contributed by atoms with van der Waals surface area (Å²) < 4.78 is 10.4. The molecule has 1 aromatic heterocycles. The zero-order valence-corrected chi connectivity index (χ0v) is 15.7. The summed E-state index contributed by atoms with van der Waals surface area (Å²) in [5.74, 6) is 0.183. The van der Waals surface area contributed by atoms with Crippen molar-refractivity contribution in [1.82, 2.24) is 4.98 Å². The van der Waals surface area contributed by atoms with E-state index in [0.717, 1.165) is 11.1 Å². The second-order valence-corrected chi connectivity index (χ2v) is 5.75. The molecular formula is C19H20ClN3O3. The average molecular weight is 374 g/mol. The Hall–Kier alpha value is -2.86. The Kier molecular flexibility index (Phi) is 6.74. The lowest BCUT2D eigenvalue weighted by Gasteiger charge is -2.20. The number of benzene rings is 1. The summed E-state index contributed by atoms with van der Waals surface area (Å²) in [6.07, 6.45) is 3.07. The average Bonchev–Trinajstić information content (AvgIpc) is 2.66. The number of ether oxygens (including phenoxy) is 2. The molecule has 0 unspecified atom stereocenters. The molecule has 136 valence electrons. The molecule has 0 aliphatic carbocycles. The summed E-state index contributed by atoms with van der Waals surface area (Å²) >= 11 is 6.13. The minimum Gasteiger partial charge on any atom is -0.473 e. The standard InChI is InChI=1S/C19H20ClN3O3/c1-5-22-23(18-11-16(8-9-21-18)19(24)25-4)14(3)26-12-15-7-6-13(2)17(20)10-15/h5-11H,3,12H2,1-2,4H3/b22-5-. The molecule has 7 heteroatoms. The highest BCUT2D eigenvalue weighted by Gasteiger charge is 2.15. The van der Waals surface area contributed by atoms with Crippen LogP contribution in [0, 0.1) is 6.92 Å². The van der Waals surface area contributed by atoms with Gasteiger partial charge in [-0.25, -0.2) is 9.78 Å². The number of carbonyl (C=O) groups is 1. The number of anilines is 1. The normalized spacial score (nSPS) is 10.6.